The van der Waals surface area contributed by atoms with E-state index in [9.17, 15) is 0 Å². The summed E-state index contributed by atoms with van der Waals surface area (Å²) in [5, 5.41) is 6.59. The molecule has 3 heterocycles. The quantitative estimate of drug-likeness (QED) is 0.768. The van der Waals surface area contributed by atoms with Crippen molar-refractivity contribution in [2.45, 2.75) is 13.0 Å². The van der Waals surface area contributed by atoms with Crippen molar-refractivity contribution in [3.63, 3.8) is 0 Å². The third-order valence-electron chi connectivity index (χ3n) is 4.17. The molecule has 8 heteroatoms. The monoisotopic (exact) mass is 364 g/mol. The summed E-state index contributed by atoms with van der Waals surface area (Å²) in [6.45, 7) is 4.82. The lowest BCUT2D eigenvalue weighted by atomic mass is 10.2. The summed E-state index contributed by atoms with van der Waals surface area (Å²) in [5.41, 5.74) is 2.13. The van der Waals surface area contributed by atoms with Gasteiger partial charge in [-0.3, -0.25) is 0 Å². The van der Waals surface area contributed by atoms with Gasteiger partial charge in [0.05, 0.1) is 17.7 Å². The van der Waals surface area contributed by atoms with Gasteiger partial charge in [0.2, 0.25) is 0 Å². The molecule has 0 aliphatic carbocycles. The molecule has 1 fully saturated rings. The molecule has 1 N–H and O–H groups in total. The number of fused-ring (bicyclic) bond motifs is 1. The smallest absolute Gasteiger partial charge is 0.298 e. The Balaban J connectivity index is 1.91. The summed E-state index contributed by atoms with van der Waals surface area (Å²) in [6.07, 6.45) is 1.75. The van der Waals surface area contributed by atoms with Crippen LogP contribution in [0.15, 0.2) is 22.1 Å². The SMILES string of the molecule is COc1c(Cl)cc2nc(N3CCNC[C@@H]3C)oc2c1-c1nccs1. The lowest BCUT2D eigenvalue weighted by Crippen LogP contribution is -2.50. The van der Waals surface area contributed by atoms with Crippen molar-refractivity contribution < 1.29 is 9.15 Å². The van der Waals surface area contributed by atoms with Gasteiger partial charge in [-0.05, 0) is 13.0 Å². The molecular formula is C16H17ClN4O2S. The van der Waals surface area contributed by atoms with E-state index in [0.717, 1.165) is 30.2 Å². The molecule has 6 nitrogen and oxygen atoms in total. The zero-order chi connectivity index (χ0) is 16.7. The number of anilines is 1. The second-order valence-electron chi connectivity index (χ2n) is 5.70. The first kappa shape index (κ1) is 15.7. The van der Waals surface area contributed by atoms with E-state index in [2.05, 4.69) is 27.1 Å². The van der Waals surface area contributed by atoms with Crippen LogP contribution in [0.4, 0.5) is 6.01 Å². The van der Waals surface area contributed by atoms with Crippen molar-refractivity contribution in [2.75, 3.05) is 31.6 Å². The highest BCUT2D eigenvalue weighted by Gasteiger charge is 2.26. The molecule has 0 radical (unpaired) electrons. The molecular weight excluding hydrogens is 348 g/mol. The van der Waals surface area contributed by atoms with E-state index in [-0.39, 0.29) is 0 Å². The van der Waals surface area contributed by atoms with Crippen LogP contribution in [0.25, 0.3) is 21.7 Å². The van der Waals surface area contributed by atoms with Gasteiger partial charge in [-0.1, -0.05) is 11.6 Å². The number of aromatic nitrogens is 2. The van der Waals surface area contributed by atoms with Crippen molar-refractivity contribution in [1.29, 1.82) is 0 Å². The van der Waals surface area contributed by atoms with Crippen LogP contribution in [0.2, 0.25) is 5.02 Å². The largest absolute Gasteiger partial charge is 0.494 e. The first-order valence-electron chi connectivity index (χ1n) is 7.73. The van der Waals surface area contributed by atoms with Crippen molar-refractivity contribution in [2.24, 2.45) is 0 Å². The van der Waals surface area contributed by atoms with Crippen LogP contribution < -0.4 is 15.0 Å². The van der Waals surface area contributed by atoms with E-state index in [1.54, 1.807) is 19.4 Å². The molecule has 3 aromatic rings. The minimum absolute atomic E-state index is 0.312. The van der Waals surface area contributed by atoms with E-state index >= 15 is 0 Å². The predicted octanol–water partition coefficient (Wildman–Crippen LogP) is 3.41. The minimum atomic E-state index is 0.312. The lowest BCUT2D eigenvalue weighted by Gasteiger charge is -2.32. The Morgan fingerprint density at radius 3 is 3.08 bits per heavy atom. The van der Waals surface area contributed by atoms with E-state index in [0.29, 0.717) is 33.9 Å². The molecule has 0 spiro atoms. The molecule has 1 saturated heterocycles. The number of piperazine rings is 1. The highest BCUT2D eigenvalue weighted by molar-refractivity contribution is 7.13. The third-order valence-corrected chi connectivity index (χ3v) is 5.25. The van der Waals surface area contributed by atoms with Gasteiger partial charge in [0.1, 0.15) is 10.5 Å². The molecule has 0 saturated carbocycles. The van der Waals surface area contributed by atoms with Crippen LogP contribution in [0.3, 0.4) is 0 Å². The zero-order valence-corrected chi connectivity index (χ0v) is 14.9. The van der Waals surface area contributed by atoms with Crippen LogP contribution >= 0.6 is 22.9 Å². The molecule has 1 aromatic carbocycles. The molecule has 1 aliphatic rings. The molecule has 4 rings (SSSR count). The normalized spacial score (nSPS) is 18.3. The maximum absolute atomic E-state index is 6.40. The number of ether oxygens (including phenoxy) is 1. The van der Waals surface area contributed by atoms with Gasteiger partial charge in [-0.2, -0.15) is 4.98 Å². The topological polar surface area (TPSA) is 63.4 Å². The maximum atomic E-state index is 6.40. The van der Waals surface area contributed by atoms with Crippen molar-refractivity contribution >= 4 is 40.1 Å². The van der Waals surface area contributed by atoms with Crippen LogP contribution in [0.1, 0.15) is 6.92 Å². The van der Waals surface area contributed by atoms with Crippen molar-refractivity contribution in [3.05, 3.63) is 22.7 Å². The summed E-state index contributed by atoms with van der Waals surface area (Å²) in [5.74, 6) is 0.565. The number of rotatable bonds is 3. The summed E-state index contributed by atoms with van der Waals surface area (Å²) in [4.78, 5) is 11.2. The number of hydrogen-bond donors (Lipinski definition) is 1. The number of benzene rings is 1. The Labute approximate surface area is 148 Å². The maximum Gasteiger partial charge on any atom is 0.298 e. The van der Waals surface area contributed by atoms with Gasteiger partial charge < -0.3 is 19.4 Å². The predicted molar refractivity (Wildman–Crippen MR) is 96.4 cm³/mol. The van der Waals surface area contributed by atoms with Crippen LogP contribution in [-0.2, 0) is 0 Å². The second-order valence-corrected chi connectivity index (χ2v) is 7.00. The fourth-order valence-electron chi connectivity index (χ4n) is 2.99. The van der Waals surface area contributed by atoms with Crippen LogP contribution in [0, 0.1) is 0 Å². The minimum Gasteiger partial charge on any atom is -0.494 e. The highest BCUT2D eigenvalue weighted by atomic mass is 35.5. The van der Waals surface area contributed by atoms with Crippen LogP contribution in [-0.4, -0.2) is 42.8 Å². The average molecular weight is 365 g/mol. The number of nitrogens with one attached hydrogen (secondary N) is 1. The molecule has 126 valence electrons. The summed E-state index contributed by atoms with van der Waals surface area (Å²) < 4.78 is 11.7. The van der Waals surface area contributed by atoms with Gasteiger partial charge in [0.25, 0.3) is 6.01 Å². The molecule has 0 amide bonds. The van der Waals surface area contributed by atoms with E-state index in [4.69, 9.17) is 20.8 Å². The van der Waals surface area contributed by atoms with Gasteiger partial charge >= 0.3 is 0 Å². The number of oxazole rings is 1. The third kappa shape index (κ3) is 2.53. The Morgan fingerprint density at radius 2 is 2.38 bits per heavy atom. The van der Waals surface area contributed by atoms with Crippen LogP contribution in [0.5, 0.6) is 5.75 Å². The van der Waals surface area contributed by atoms with E-state index in [1.165, 1.54) is 11.3 Å². The van der Waals surface area contributed by atoms with Crippen molar-refractivity contribution in [1.82, 2.24) is 15.3 Å². The fraction of sp³-hybridized carbons (Fsp3) is 0.375. The van der Waals surface area contributed by atoms with Gasteiger partial charge in [0, 0.05) is 37.3 Å². The summed E-state index contributed by atoms with van der Waals surface area (Å²) in [6, 6.07) is 2.71. The Morgan fingerprint density at radius 1 is 1.50 bits per heavy atom. The molecule has 0 bridgehead atoms. The van der Waals surface area contributed by atoms with Gasteiger partial charge in [-0.15, -0.1) is 11.3 Å². The number of halogens is 1. The fourth-order valence-corrected chi connectivity index (χ4v) is 3.94. The molecule has 24 heavy (non-hydrogen) atoms. The Hall–Kier alpha value is -1.83. The standard InChI is InChI=1S/C16H17ClN4O2S/c1-9-8-18-3-5-21(9)16-20-11-7-10(17)13(22-2)12(14(11)23-16)15-19-4-6-24-15/h4,6-7,9,18H,3,5,8H2,1-2H3/t9-/m0/s1. The first-order valence-corrected chi connectivity index (χ1v) is 8.99. The molecule has 1 atom stereocenters. The summed E-state index contributed by atoms with van der Waals surface area (Å²) in [7, 11) is 1.60. The van der Waals surface area contributed by atoms with E-state index in [1.807, 2.05) is 5.38 Å². The van der Waals surface area contributed by atoms with Gasteiger partial charge in [-0.25, -0.2) is 4.98 Å². The number of thiazole rings is 1. The lowest BCUT2D eigenvalue weighted by molar-refractivity contribution is 0.416. The van der Waals surface area contributed by atoms with Gasteiger partial charge in [0.15, 0.2) is 11.3 Å². The number of methoxy groups -OCH3 is 1. The zero-order valence-electron chi connectivity index (χ0n) is 13.4. The molecule has 0 unspecified atom stereocenters. The number of hydrogen-bond acceptors (Lipinski definition) is 7. The molecule has 1 aliphatic heterocycles. The average Bonchev–Trinajstić information content (AvgIpc) is 3.23. The number of nitrogens with zero attached hydrogens (tertiary/aromatic N) is 3. The van der Waals surface area contributed by atoms with Crippen molar-refractivity contribution in [3.8, 4) is 16.3 Å². The summed E-state index contributed by atoms with van der Waals surface area (Å²) >= 11 is 7.91. The Kier molecular flexibility index (Phi) is 4.07. The second kappa shape index (κ2) is 6.23. The Bertz CT molecular complexity index is 865. The highest BCUT2D eigenvalue weighted by Crippen LogP contribution is 2.44. The van der Waals surface area contributed by atoms with E-state index < -0.39 is 0 Å². The first-order chi connectivity index (χ1) is 11.7. The molecule has 2 aromatic heterocycles.